The third-order valence-electron chi connectivity index (χ3n) is 0.736. The molecule has 0 saturated heterocycles. The zero-order chi connectivity index (χ0) is 7.33. The highest BCUT2D eigenvalue weighted by atomic mass is 15.1. The molecule has 0 N–H and O–H groups in total. The van der Waals surface area contributed by atoms with E-state index < -0.39 is 5.54 Å². The minimum atomic E-state index is -0.643. The van der Waals surface area contributed by atoms with Crippen molar-refractivity contribution in [2.75, 3.05) is 6.54 Å². The summed E-state index contributed by atoms with van der Waals surface area (Å²) in [6.45, 7) is 5.99. The predicted octanol–water partition coefficient (Wildman–Crippen LogP) is 1.76. The van der Waals surface area contributed by atoms with Crippen LogP contribution in [0, 0.1) is 11.3 Å². The van der Waals surface area contributed by atoms with Crippen LogP contribution < -0.4 is 0 Å². The number of nitrogens with zero attached hydrogens (tertiary/aromatic N) is 3. The minimum Gasteiger partial charge on any atom is -0.196 e. The van der Waals surface area contributed by atoms with Gasteiger partial charge in [-0.3, -0.25) is 0 Å². The van der Waals surface area contributed by atoms with Gasteiger partial charge in [0, 0.05) is 0 Å². The third kappa shape index (κ3) is 3.65. The van der Waals surface area contributed by atoms with Crippen molar-refractivity contribution in [1.82, 2.24) is 0 Å². The molecule has 0 saturated carbocycles. The molecular weight excluding hydrogens is 114 g/mol. The summed E-state index contributed by atoms with van der Waals surface area (Å²) in [6, 6.07) is 2.02. The van der Waals surface area contributed by atoms with Crippen LogP contribution in [0.3, 0.4) is 0 Å². The molecule has 0 atom stereocenters. The summed E-state index contributed by atoms with van der Waals surface area (Å²) in [7, 11) is 0. The number of nitriles is 1. The summed E-state index contributed by atoms with van der Waals surface area (Å²) >= 11 is 0. The molecule has 0 rings (SSSR count). The molecule has 50 valence electrons. The van der Waals surface area contributed by atoms with Gasteiger partial charge in [-0.05, 0) is 20.8 Å². The zero-order valence-electron chi connectivity index (χ0n) is 6.05. The first-order valence-electron chi connectivity index (χ1n) is 2.92. The topological polar surface area (TPSA) is 48.5 Å². The Hall–Kier alpha value is -0.910. The number of rotatable bonds is 2. The Morgan fingerprint density at radius 3 is 2.44 bits per heavy atom. The molecule has 0 bridgehead atoms. The molecule has 0 aliphatic heterocycles. The Kier molecular flexibility index (Phi) is 2.86. The molecule has 0 aliphatic carbocycles. The summed E-state index contributed by atoms with van der Waals surface area (Å²) in [6.07, 6.45) is 0. The highest BCUT2D eigenvalue weighted by molar-refractivity contribution is 4.98. The summed E-state index contributed by atoms with van der Waals surface area (Å²) in [5, 5.41) is 15.9. The van der Waals surface area contributed by atoms with Crippen LogP contribution in [0.15, 0.2) is 10.2 Å². The van der Waals surface area contributed by atoms with Gasteiger partial charge in [-0.2, -0.15) is 15.5 Å². The fourth-order valence-electron chi connectivity index (χ4n) is 0.270. The molecule has 0 aromatic heterocycles. The maximum Gasteiger partial charge on any atom is 0.161 e. The summed E-state index contributed by atoms with van der Waals surface area (Å²) in [4.78, 5) is 0. The molecule has 0 aromatic rings. The summed E-state index contributed by atoms with van der Waals surface area (Å²) in [5.41, 5.74) is -0.643. The van der Waals surface area contributed by atoms with E-state index in [4.69, 9.17) is 5.26 Å². The Balaban J connectivity index is 3.90. The van der Waals surface area contributed by atoms with Gasteiger partial charge < -0.3 is 0 Å². The van der Waals surface area contributed by atoms with Crippen molar-refractivity contribution < 1.29 is 0 Å². The van der Waals surface area contributed by atoms with Crippen molar-refractivity contribution in [2.45, 2.75) is 26.3 Å². The van der Waals surface area contributed by atoms with Crippen LogP contribution >= 0.6 is 0 Å². The molecule has 0 aliphatic rings. The molecule has 9 heavy (non-hydrogen) atoms. The van der Waals surface area contributed by atoms with E-state index in [1.54, 1.807) is 13.8 Å². The minimum absolute atomic E-state index is 0.643. The van der Waals surface area contributed by atoms with Gasteiger partial charge in [0.15, 0.2) is 5.54 Å². The Labute approximate surface area is 55.4 Å². The average Bonchev–Trinajstić information content (AvgIpc) is 1.84. The first kappa shape index (κ1) is 8.09. The van der Waals surface area contributed by atoms with E-state index >= 15 is 0 Å². The molecule has 0 radical (unpaired) electrons. The quantitative estimate of drug-likeness (QED) is 0.519. The van der Waals surface area contributed by atoms with Gasteiger partial charge in [-0.25, -0.2) is 0 Å². The standard InChI is InChI=1S/C6H11N3/c1-4-8-9-6(2,3)5-7/h4H2,1-3H3. The van der Waals surface area contributed by atoms with E-state index in [0.717, 1.165) is 0 Å². The Morgan fingerprint density at radius 1 is 1.56 bits per heavy atom. The summed E-state index contributed by atoms with van der Waals surface area (Å²) in [5.74, 6) is 0. The van der Waals surface area contributed by atoms with Crippen LogP contribution in [0.4, 0.5) is 0 Å². The van der Waals surface area contributed by atoms with Crippen LogP contribution in [0.5, 0.6) is 0 Å². The van der Waals surface area contributed by atoms with Crippen molar-refractivity contribution in [1.29, 1.82) is 5.26 Å². The molecule has 0 aromatic carbocycles. The highest BCUT2D eigenvalue weighted by Gasteiger charge is 2.13. The maximum absolute atomic E-state index is 8.42. The zero-order valence-corrected chi connectivity index (χ0v) is 6.05. The molecule has 0 heterocycles. The van der Waals surface area contributed by atoms with Gasteiger partial charge in [0.1, 0.15) is 0 Å². The fourth-order valence-corrected chi connectivity index (χ4v) is 0.270. The highest BCUT2D eigenvalue weighted by Crippen LogP contribution is 2.05. The van der Waals surface area contributed by atoms with Crippen LogP contribution in [-0.4, -0.2) is 12.1 Å². The van der Waals surface area contributed by atoms with E-state index in [9.17, 15) is 0 Å². The van der Waals surface area contributed by atoms with Gasteiger partial charge in [-0.1, -0.05) is 0 Å². The van der Waals surface area contributed by atoms with Crippen molar-refractivity contribution in [3.63, 3.8) is 0 Å². The van der Waals surface area contributed by atoms with Crippen LogP contribution in [0.1, 0.15) is 20.8 Å². The largest absolute Gasteiger partial charge is 0.196 e. The fraction of sp³-hybridized carbons (Fsp3) is 0.833. The molecule has 0 amide bonds. The molecule has 3 nitrogen and oxygen atoms in total. The Morgan fingerprint density at radius 2 is 2.11 bits per heavy atom. The SMILES string of the molecule is CCN=NC(C)(C)C#N. The van der Waals surface area contributed by atoms with Gasteiger partial charge in [0.05, 0.1) is 12.6 Å². The first-order chi connectivity index (χ1) is 4.12. The van der Waals surface area contributed by atoms with Crippen molar-refractivity contribution in [3.05, 3.63) is 0 Å². The Bertz CT molecular complexity index is 141. The predicted molar refractivity (Wildman–Crippen MR) is 35.1 cm³/mol. The van der Waals surface area contributed by atoms with Crippen LogP contribution in [0.2, 0.25) is 0 Å². The molecular formula is C6H11N3. The molecule has 0 fully saturated rings. The summed E-state index contributed by atoms with van der Waals surface area (Å²) < 4.78 is 0. The lowest BCUT2D eigenvalue weighted by atomic mass is 10.1. The van der Waals surface area contributed by atoms with Crippen molar-refractivity contribution >= 4 is 0 Å². The maximum atomic E-state index is 8.42. The van der Waals surface area contributed by atoms with E-state index in [1.165, 1.54) is 0 Å². The second-order valence-electron chi connectivity index (χ2n) is 2.23. The van der Waals surface area contributed by atoms with E-state index in [0.29, 0.717) is 6.54 Å². The second-order valence-corrected chi connectivity index (χ2v) is 2.23. The van der Waals surface area contributed by atoms with Crippen LogP contribution in [0.25, 0.3) is 0 Å². The van der Waals surface area contributed by atoms with Gasteiger partial charge in [-0.15, -0.1) is 0 Å². The number of azo groups is 1. The third-order valence-corrected chi connectivity index (χ3v) is 0.736. The van der Waals surface area contributed by atoms with Gasteiger partial charge >= 0.3 is 0 Å². The second kappa shape index (κ2) is 3.18. The monoisotopic (exact) mass is 125 g/mol. The van der Waals surface area contributed by atoms with E-state index in [2.05, 4.69) is 10.2 Å². The van der Waals surface area contributed by atoms with E-state index in [1.807, 2.05) is 13.0 Å². The lowest BCUT2D eigenvalue weighted by molar-refractivity contribution is 0.617. The molecule has 0 spiro atoms. The van der Waals surface area contributed by atoms with Gasteiger partial charge in [0.25, 0.3) is 0 Å². The first-order valence-corrected chi connectivity index (χ1v) is 2.92. The molecule has 3 heteroatoms. The van der Waals surface area contributed by atoms with Crippen LogP contribution in [-0.2, 0) is 0 Å². The van der Waals surface area contributed by atoms with Crippen molar-refractivity contribution in [3.8, 4) is 6.07 Å². The number of hydrogen-bond acceptors (Lipinski definition) is 3. The normalized spacial score (nSPS) is 11.8. The number of hydrogen-bond donors (Lipinski definition) is 0. The lowest BCUT2D eigenvalue weighted by Gasteiger charge is -2.03. The smallest absolute Gasteiger partial charge is 0.161 e. The lowest BCUT2D eigenvalue weighted by Crippen LogP contribution is -2.11. The van der Waals surface area contributed by atoms with E-state index in [-0.39, 0.29) is 0 Å². The van der Waals surface area contributed by atoms with Crippen molar-refractivity contribution in [2.24, 2.45) is 10.2 Å². The molecule has 0 unspecified atom stereocenters. The van der Waals surface area contributed by atoms with Gasteiger partial charge in [0.2, 0.25) is 0 Å². The average molecular weight is 125 g/mol.